The van der Waals surface area contributed by atoms with E-state index in [1.165, 1.54) is 0 Å². The summed E-state index contributed by atoms with van der Waals surface area (Å²) in [5.41, 5.74) is 4.83. The van der Waals surface area contributed by atoms with E-state index in [0.29, 0.717) is 18.9 Å². The molecule has 0 aromatic carbocycles. The van der Waals surface area contributed by atoms with E-state index < -0.39 is 5.60 Å². The van der Waals surface area contributed by atoms with Gasteiger partial charge in [-0.05, 0) is 38.5 Å². The van der Waals surface area contributed by atoms with Gasteiger partial charge in [0.05, 0.1) is 6.04 Å². The van der Waals surface area contributed by atoms with Gasteiger partial charge >= 0.3 is 0 Å². The van der Waals surface area contributed by atoms with Crippen molar-refractivity contribution in [2.24, 2.45) is 16.8 Å². The van der Waals surface area contributed by atoms with Crippen LogP contribution in [0.5, 0.6) is 0 Å². The van der Waals surface area contributed by atoms with E-state index in [2.05, 4.69) is 10.5 Å². The molecular weight excluding hydrogens is 222 g/mol. The number of nitrogens with zero attached hydrogens (tertiary/aromatic N) is 1. The highest BCUT2D eigenvalue weighted by Gasteiger charge is 2.42. The molecule has 0 aromatic heterocycles. The predicted molar refractivity (Wildman–Crippen MR) is 61.7 cm³/mol. The first-order valence-corrected chi connectivity index (χ1v) is 5.99. The Labute approximate surface area is 100 Å². The second-order valence-corrected chi connectivity index (χ2v) is 5.00. The van der Waals surface area contributed by atoms with Crippen molar-refractivity contribution in [3.05, 3.63) is 0 Å². The molecule has 2 rings (SSSR count). The summed E-state index contributed by atoms with van der Waals surface area (Å²) >= 11 is 0. The van der Waals surface area contributed by atoms with Gasteiger partial charge in [0.15, 0.2) is 5.84 Å². The molecule has 4 N–H and O–H groups in total. The number of amides is 1. The SMILES string of the molecule is CC1(C(=O)NC(C(N)=NO)C2CC2)CCCO1. The monoisotopic (exact) mass is 241 g/mol. The average molecular weight is 241 g/mol. The van der Waals surface area contributed by atoms with E-state index in [0.717, 1.165) is 19.3 Å². The van der Waals surface area contributed by atoms with Crippen molar-refractivity contribution in [1.29, 1.82) is 0 Å². The standard InChI is InChI=1S/C11H19N3O3/c1-11(5-2-6-17-11)10(15)13-8(7-3-4-7)9(12)14-16/h7-8,16H,2-6H2,1H3,(H2,12,14)(H,13,15). The highest BCUT2D eigenvalue weighted by atomic mass is 16.5. The van der Waals surface area contributed by atoms with Crippen LogP contribution < -0.4 is 11.1 Å². The third-order valence-corrected chi connectivity index (χ3v) is 3.51. The summed E-state index contributed by atoms with van der Waals surface area (Å²) in [4.78, 5) is 12.1. The van der Waals surface area contributed by atoms with Gasteiger partial charge in [-0.2, -0.15) is 0 Å². The summed E-state index contributed by atoms with van der Waals surface area (Å²) in [5.74, 6) is 0.195. The quantitative estimate of drug-likeness (QED) is 0.283. The van der Waals surface area contributed by atoms with Gasteiger partial charge in [0.1, 0.15) is 5.60 Å². The lowest BCUT2D eigenvalue weighted by molar-refractivity contribution is -0.140. The third kappa shape index (κ3) is 2.52. The molecule has 1 aliphatic carbocycles. The van der Waals surface area contributed by atoms with Gasteiger partial charge in [0.25, 0.3) is 5.91 Å². The van der Waals surface area contributed by atoms with Crippen molar-refractivity contribution in [1.82, 2.24) is 5.32 Å². The minimum Gasteiger partial charge on any atom is -0.409 e. The average Bonchev–Trinajstić information content (AvgIpc) is 3.07. The minimum atomic E-state index is -0.761. The Bertz CT molecular complexity index is 333. The largest absolute Gasteiger partial charge is 0.409 e. The molecule has 2 aliphatic rings. The Balaban J connectivity index is 2.00. The number of nitrogens with two attached hydrogens (primary N) is 1. The topological polar surface area (TPSA) is 96.9 Å². The summed E-state index contributed by atoms with van der Waals surface area (Å²) in [5, 5.41) is 14.5. The molecule has 1 saturated carbocycles. The fourth-order valence-electron chi connectivity index (χ4n) is 2.18. The van der Waals surface area contributed by atoms with Crippen LogP contribution in [-0.4, -0.2) is 35.2 Å². The molecule has 2 fully saturated rings. The second-order valence-electron chi connectivity index (χ2n) is 5.00. The van der Waals surface area contributed by atoms with E-state index in [-0.39, 0.29) is 17.8 Å². The van der Waals surface area contributed by atoms with Crippen LogP contribution in [0.2, 0.25) is 0 Å². The van der Waals surface area contributed by atoms with Gasteiger partial charge in [-0.1, -0.05) is 5.16 Å². The number of carbonyl (C=O) groups excluding carboxylic acids is 1. The van der Waals surface area contributed by atoms with Crippen LogP contribution in [0.4, 0.5) is 0 Å². The van der Waals surface area contributed by atoms with Crippen LogP contribution in [0, 0.1) is 5.92 Å². The Morgan fingerprint density at radius 1 is 1.65 bits per heavy atom. The molecule has 6 heteroatoms. The van der Waals surface area contributed by atoms with Gasteiger partial charge in [0.2, 0.25) is 0 Å². The number of hydrogen-bond acceptors (Lipinski definition) is 4. The lowest BCUT2D eigenvalue weighted by atomic mass is 10.0. The number of rotatable bonds is 4. The van der Waals surface area contributed by atoms with Crippen molar-refractivity contribution in [3.63, 3.8) is 0 Å². The van der Waals surface area contributed by atoms with Gasteiger partial charge in [-0.15, -0.1) is 0 Å². The van der Waals surface area contributed by atoms with Crippen molar-refractivity contribution >= 4 is 11.7 Å². The van der Waals surface area contributed by atoms with E-state index in [1.54, 1.807) is 6.92 Å². The van der Waals surface area contributed by atoms with Crippen LogP contribution in [-0.2, 0) is 9.53 Å². The first-order valence-electron chi connectivity index (χ1n) is 5.99. The molecule has 17 heavy (non-hydrogen) atoms. The van der Waals surface area contributed by atoms with Crippen LogP contribution >= 0.6 is 0 Å². The van der Waals surface area contributed by atoms with Gasteiger partial charge in [-0.3, -0.25) is 4.79 Å². The molecule has 1 heterocycles. The summed E-state index contributed by atoms with van der Waals surface area (Å²) in [6.07, 6.45) is 3.60. The maximum absolute atomic E-state index is 12.1. The fraction of sp³-hybridized carbons (Fsp3) is 0.818. The second kappa shape index (κ2) is 4.52. The van der Waals surface area contributed by atoms with Crippen molar-refractivity contribution in [2.75, 3.05) is 6.61 Å². The Morgan fingerprint density at radius 3 is 2.82 bits per heavy atom. The first-order chi connectivity index (χ1) is 8.07. The number of oxime groups is 1. The van der Waals surface area contributed by atoms with Crippen LogP contribution in [0.25, 0.3) is 0 Å². The van der Waals surface area contributed by atoms with Gasteiger partial charge in [-0.25, -0.2) is 0 Å². The molecule has 1 amide bonds. The normalized spacial score (nSPS) is 31.2. The Morgan fingerprint density at radius 2 is 2.35 bits per heavy atom. The Hall–Kier alpha value is -1.30. The number of carbonyl (C=O) groups is 1. The van der Waals surface area contributed by atoms with Gasteiger partial charge in [0, 0.05) is 6.61 Å². The zero-order chi connectivity index (χ0) is 12.5. The van der Waals surface area contributed by atoms with Crippen LogP contribution in [0.1, 0.15) is 32.6 Å². The first kappa shape index (κ1) is 12.2. The summed E-state index contributed by atoms with van der Waals surface area (Å²) < 4.78 is 5.46. The van der Waals surface area contributed by atoms with Crippen molar-refractivity contribution in [2.45, 2.75) is 44.2 Å². The zero-order valence-corrected chi connectivity index (χ0v) is 9.98. The minimum absolute atomic E-state index is 0.0717. The zero-order valence-electron chi connectivity index (χ0n) is 9.98. The third-order valence-electron chi connectivity index (χ3n) is 3.51. The lowest BCUT2D eigenvalue weighted by Gasteiger charge is -2.25. The fourth-order valence-corrected chi connectivity index (χ4v) is 2.18. The summed E-state index contributed by atoms with van der Waals surface area (Å²) in [6, 6.07) is -0.367. The van der Waals surface area contributed by atoms with Crippen molar-refractivity contribution < 1.29 is 14.7 Å². The van der Waals surface area contributed by atoms with E-state index in [9.17, 15) is 4.79 Å². The predicted octanol–water partition coefficient (Wildman–Crippen LogP) is 0.197. The van der Waals surface area contributed by atoms with Crippen molar-refractivity contribution in [3.8, 4) is 0 Å². The maximum atomic E-state index is 12.1. The van der Waals surface area contributed by atoms with E-state index in [4.69, 9.17) is 15.7 Å². The van der Waals surface area contributed by atoms with Gasteiger partial charge < -0.3 is 21.0 Å². The molecule has 1 saturated heterocycles. The molecule has 0 bridgehead atoms. The lowest BCUT2D eigenvalue weighted by Crippen LogP contribution is -2.53. The molecule has 1 aliphatic heterocycles. The summed E-state index contributed by atoms with van der Waals surface area (Å²) in [7, 11) is 0. The van der Waals surface area contributed by atoms with E-state index in [1.807, 2.05) is 0 Å². The molecular formula is C11H19N3O3. The van der Waals surface area contributed by atoms with Crippen LogP contribution in [0.3, 0.4) is 0 Å². The molecule has 0 radical (unpaired) electrons. The molecule has 0 spiro atoms. The molecule has 96 valence electrons. The molecule has 2 unspecified atom stereocenters. The number of ether oxygens (including phenoxy) is 1. The molecule has 2 atom stereocenters. The molecule has 0 aromatic rings. The highest BCUT2D eigenvalue weighted by Crippen LogP contribution is 2.33. The van der Waals surface area contributed by atoms with Crippen LogP contribution in [0.15, 0.2) is 5.16 Å². The number of nitrogens with one attached hydrogen (secondary N) is 1. The summed E-state index contributed by atoms with van der Waals surface area (Å²) in [6.45, 7) is 2.40. The number of hydrogen-bond donors (Lipinski definition) is 3. The smallest absolute Gasteiger partial charge is 0.252 e. The van der Waals surface area contributed by atoms with E-state index >= 15 is 0 Å². The number of amidine groups is 1. The molecule has 6 nitrogen and oxygen atoms in total. The maximum Gasteiger partial charge on any atom is 0.252 e. The highest BCUT2D eigenvalue weighted by molar-refractivity contribution is 5.93. The Kier molecular flexibility index (Phi) is 3.24.